The minimum Gasteiger partial charge on any atom is -0.368 e. The van der Waals surface area contributed by atoms with Crippen LogP contribution in [0.5, 0.6) is 0 Å². The lowest BCUT2D eigenvalue weighted by Crippen LogP contribution is -2.44. The van der Waals surface area contributed by atoms with E-state index in [4.69, 9.17) is 5.73 Å². The van der Waals surface area contributed by atoms with Crippen molar-refractivity contribution in [3.8, 4) is 0 Å². The van der Waals surface area contributed by atoms with Gasteiger partial charge in [-0.15, -0.1) is 0 Å². The van der Waals surface area contributed by atoms with E-state index in [1.165, 1.54) is 0 Å². The Balaban J connectivity index is 2.48. The van der Waals surface area contributed by atoms with E-state index in [9.17, 15) is 4.79 Å². The number of likely N-dealkylation sites (tertiary alicyclic amines) is 1. The smallest absolute Gasteiger partial charge is 0.234 e. The van der Waals surface area contributed by atoms with Crippen molar-refractivity contribution >= 4 is 5.91 Å². The van der Waals surface area contributed by atoms with Crippen molar-refractivity contribution in [1.29, 1.82) is 0 Å². The van der Waals surface area contributed by atoms with Crippen LogP contribution >= 0.6 is 0 Å². The first-order chi connectivity index (χ1) is 6.19. The lowest BCUT2D eigenvalue weighted by Gasteiger charge is -2.23. The fraction of sp³-hybridized carbons (Fsp3) is 0.889. The second kappa shape index (κ2) is 4.58. The summed E-state index contributed by atoms with van der Waals surface area (Å²) in [6, 6.07) is 0.451. The fourth-order valence-electron chi connectivity index (χ4n) is 1.95. The molecule has 4 heteroatoms. The van der Waals surface area contributed by atoms with Crippen LogP contribution < -0.4 is 11.1 Å². The highest BCUT2D eigenvalue weighted by atomic mass is 16.1. The predicted octanol–water partition coefficient (Wildman–Crippen LogP) is -0.456. The summed E-state index contributed by atoms with van der Waals surface area (Å²) in [5.74, 6) is -0.195. The fourth-order valence-corrected chi connectivity index (χ4v) is 1.95. The highest BCUT2D eigenvalue weighted by molar-refractivity contribution is 5.79. The SMILES string of the molecule is CCC(C(N)=O)N1CCC(NC)C1. The zero-order valence-electron chi connectivity index (χ0n) is 8.42. The molecule has 1 amide bonds. The Hall–Kier alpha value is -0.610. The number of rotatable bonds is 4. The number of amides is 1. The van der Waals surface area contributed by atoms with Gasteiger partial charge in [-0.3, -0.25) is 9.69 Å². The molecule has 4 nitrogen and oxygen atoms in total. The third kappa shape index (κ3) is 2.42. The molecule has 76 valence electrons. The quantitative estimate of drug-likeness (QED) is 0.623. The predicted molar refractivity (Wildman–Crippen MR) is 52.3 cm³/mol. The maximum Gasteiger partial charge on any atom is 0.234 e. The molecule has 2 atom stereocenters. The number of hydrogen-bond donors (Lipinski definition) is 2. The molecular weight excluding hydrogens is 166 g/mol. The van der Waals surface area contributed by atoms with Gasteiger partial charge in [-0.05, 0) is 19.9 Å². The van der Waals surface area contributed by atoms with E-state index in [2.05, 4.69) is 10.2 Å². The van der Waals surface area contributed by atoms with Crippen LogP contribution in [0.25, 0.3) is 0 Å². The van der Waals surface area contributed by atoms with Crippen LogP contribution in [0.15, 0.2) is 0 Å². The first-order valence-electron chi connectivity index (χ1n) is 4.89. The van der Waals surface area contributed by atoms with Gasteiger partial charge in [0.2, 0.25) is 5.91 Å². The molecule has 0 aromatic heterocycles. The minimum absolute atomic E-state index is 0.0710. The summed E-state index contributed by atoms with van der Waals surface area (Å²) in [4.78, 5) is 13.2. The third-order valence-corrected chi connectivity index (χ3v) is 2.78. The largest absolute Gasteiger partial charge is 0.368 e. The molecule has 1 aliphatic rings. The van der Waals surface area contributed by atoms with Crippen molar-refractivity contribution in [2.75, 3.05) is 20.1 Å². The van der Waals surface area contributed by atoms with Gasteiger partial charge in [-0.1, -0.05) is 6.92 Å². The Morgan fingerprint density at radius 1 is 1.77 bits per heavy atom. The molecule has 0 spiro atoms. The molecule has 1 rings (SSSR count). The van der Waals surface area contributed by atoms with Crippen molar-refractivity contribution in [1.82, 2.24) is 10.2 Å². The third-order valence-electron chi connectivity index (χ3n) is 2.78. The van der Waals surface area contributed by atoms with Crippen LogP contribution in [-0.2, 0) is 4.79 Å². The van der Waals surface area contributed by atoms with Gasteiger partial charge in [0, 0.05) is 19.1 Å². The van der Waals surface area contributed by atoms with E-state index in [0.717, 1.165) is 25.9 Å². The first-order valence-corrected chi connectivity index (χ1v) is 4.89. The minimum atomic E-state index is -0.195. The second-order valence-corrected chi connectivity index (χ2v) is 3.60. The van der Waals surface area contributed by atoms with E-state index in [1.807, 2.05) is 14.0 Å². The summed E-state index contributed by atoms with van der Waals surface area (Å²) >= 11 is 0. The highest BCUT2D eigenvalue weighted by Crippen LogP contribution is 2.14. The Labute approximate surface area is 79.5 Å². The number of carbonyl (C=O) groups excluding carboxylic acids is 1. The van der Waals surface area contributed by atoms with Crippen LogP contribution in [0.3, 0.4) is 0 Å². The molecule has 13 heavy (non-hydrogen) atoms. The molecule has 0 aromatic carbocycles. The van der Waals surface area contributed by atoms with Gasteiger partial charge >= 0.3 is 0 Å². The Morgan fingerprint density at radius 2 is 2.46 bits per heavy atom. The molecule has 1 fully saturated rings. The van der Waals surface area contributed by atoms with Crippen molar-refractivity contribution in [2.45, 2.75) is 31.8 Å². The van der Waals surface area contributed by atoms with Crippen LogP contribution in [-0.4, -0.2) is 43.0 Å². The summed E-state index contributed by atoms with van der Waals surface area (Å²) in [7, 11) is 1.96. The average molecular weight is 185 g/mol. The van der Waals surface area contributed by atoms with Gasteiger partial charge in [-0.25, -0.2) is 0 Å². The Bertz CT molecular complexity index is 184. The van der Waals surface area contributed by atoms with Gasteiger partial charge in [0.25, 0.3) is 0 Å². The molecule has 0 aromatic rings. The molecular formula is C9H19N3O. The molecule has 0 saturated carbocycles. The summed E-state index contributed by atoms with van der Waals surface area (Å²) < 4.78 is 0. The lowest BCUT2D eigenvalue weighted by atomic mass is 10.2. The molecule has 1 heterocycles. The standard InChI is InChI=1S/C9H19N3O/c1-3-8(9(10)13)12-5-4-7(6-12)11-2/h7-8,11H,3-6H2,1-2H3,(H2,10,13). The topological polar surface area (TPSA) is 58.4 Å². The van der Waals surface area contributed by atoms with Crippen molar-refractivity contribution in [2.24, 2.45) is 5.73 Å². The van der Waals surface area contributed by atoms with E-state index < -0.39 is 0 Å². The van der Waals surface area contributed by atoms with Crippen molar-refractivity contribution in [3.05, 3.63) is 0 Å². The molecule has 0 radical (unpaired) electrons. The summed E-state index contributed by atoms with van der Waals surface area (Å²) in [5.41, 5.74) is 5.31. The van der Waals surface area contributed by atoms with Gasteiger partial charge in [0.1, 0.15) is 0 Å². The lowest BCUT2D eigenvalue weighted by molar-refractivity contribution is -0.123. The van der Waals surface area contributed by atoms with Crippen LogP contribution in [0.4, 0.5) is 0 Å². The highest BCUT2D eigenvalue weighted by Gasteiger charge is 2.29. The molecule has 3 N–H and O–H groups in total. The van der Waals surface area contributed by atoms with E-state index in [0.29, 0.717) is 6.04 Å². The van der Waals surface area contributed by atoms with Crippen molar-refractivity contribution < 1.29 is 4.79 Å². The van der Waals surface area contributed by atoms with Gasteiger partial charge in [0.15, 0.2) is 0 Å². The number of carbonyl (C=O) groups is 1. The second-order valence-electron chi connectivity index (χ2n) is 3.60. The summed E-state index contributed by atoms with van der Waals surface area (Å²) in [5, 5.41) is 3.22. The number of nitrogens with two attached hydrogens (primary N) is 1. The number of likely N-dealkylation sites (N-methyl/N-ethyl adjacent to an activating group) is 1. The van der Waals surface area contributed by atoms with E-state index >= 15 is 0 Å². The van der Waals surface area contributed by atoms with Crippen LogP contribution in [0.1, 0.15) is 19.8 Å². The van der Waals surface area contributed by atoms with E-state index in [-0.39, 0.29) is 11.9 Å². The summed E-state index contributed by atoms with van der Waals surface area (Å²) in [6.07, 6.45) is 1.92. The van der Waals surface area contributed by atoms with Crippen LogP contribution in [0, 0.1) is 0 Å². The molecule has 2 unspecified atom stereocenters. The zero-order chi connectivity index (χ0) is 9.84. The number of nitrogens with zero attached hydrogens (tertiary/aromatic N) is 1. The first kappa shape index (κ1) is 10.5. The van der Waals surface area contributed by atoms with Gasteiger partial charge in [0.05, 0.1) is 6.04 Å². The normalized spacial score (nSPS) is 26.2. The Kier molecular flexibility index (Phi) is 3.69. The van der Waals surface area contributed by atoms with Crippen molar-refractivity contribution in [3.63, 3.8) is 0 Å². The maximum absolute atomic E-state index is 11.1. The maximum atomic E-state index is 11.1. The summed E-state index contributed by atoms with van der Waals surface area (Å²) in [6.45, 7) is 3.92. The van der Waals surface area contributed by atoms with E-state index in [1.54, 1.807) is 0 Å². The average Bonchev–Trinajstić information content (AvgIpc) is 2.53. The number of nitrogens with one attached hydrogen (secondary N) is 1. The van der Waals surface area contributed by atoms with Gasteiger partial charge < -0.3 is 11.1 Å². The van der Waals surface area contributed by atoms with Crippen LogP contribution in [0.2, 0.25) is 0 Å². The Morgan fingerprint density at radius 3 is 2.85 bits per heavy atom. The molecule has 1 aliphatic heterocycles. The molecule has 0 aliphatic carbocycles. The molecule has 1 saturated heterocycles. The zero-order valence-corrected chi connectivity index (χ0v) is 8.42. The monoisotopic (exact) mass is 185 g/mol. The number of primary amides is 1. The van der Waals surface area contributed by atoms with Gasteiger partial charge in [-0.2, -0.15) is 0 Å². The molecule has 0 bridgehead atoms. The number of hydrogen-bond acceptors (Lipinski definition) is 3.